The van der Waals surface area contributed by atoms with Crippen LogP contribution in [-0.4, -0.2) is 55.6 Å². The average Bonchev–Trinajstić information content (AvgIpc) is 3.81. The number of nitrogens with one attached hydrogen (secondary N) is 2. The Balaban J connectivity index is 1.07. The van der Waals surface area contributed by atoms with Crippen molar-refractivity contribution in [1.29, 1.82) is 0 Å². The minimum Gasteiger partial charge on any atom is -0.392 e. The fourth-order valence-electron chi connectivity index (χ4n) is 8.15. The molecule has 0 bridgehead atoms. The summed E-state index contributed by atoms with van der Waals surface area (Å²) in [6, 6.07) is 39.6. The van der Waals surface area contributed by atoms with Crippen LogP contribution in [0.4, 0.5) is 0 Å². The van der Waals surface area contributed by atoms with Crippen LogP contribution in [0.1, 0.15) is 77.9 Å². The normalized spacial score (nSPS) is 19.1. The molecule has 0 radical (unpaired) electrons. The van der Waals surface area contributed by atoms with Gasteiger partial charge in [-0.1, -0.05) is 128 Å². The van der Waals surface area contributed by atoms with Gasteiger partial charge < -0.3 is 19.9 Å². The Kier molecular flexibility index (Phi) is 14.2. The van der Waals surface area contributed by atoms with Crippen molar-refractivity contribution >= 4 is 15.9 Å². The van der Waals surface area contributed by atoms with E-state index in [9.17, 15) is 18.3 Å². The van der Waals surface area contributed by atoms with Gasteiger partial charge in [0.25, 0.3) is 0 Å². The highest BCUT2D eigenvalue weighted by Crippen LogP contribution is 2.40. The molecular weight excluding hydrogens is 759 g/mol. The number of aliphatic hydroxyl groups excluding tert-OH is 1. The lowest BCUT2D eigenvalue weighted by atomic mass is 9.98. The summed E-state index contributed by atoms with van der Waals surface area (Å²) in [6.07, 6.45) is 6.92. The Morgan fingerprint density at radius 3 is 2.24 bits per heavy atom. The second-order valence-electron chi connectivity index (χ2n) is 15.8. The molecule has 1 saturated carbocycles. The van der Waals surface area contributed by atoms with Crippen molar-refractivity contribution in [2.24, 2.45) is 0 Å². The Morgan fingerprint density at radius 2 is 1.53 bits per heavy atom. The van der Waals surface area contributed by atoms with Gasteiger partial charge >= 0.3 is 0 Å². The number of hydrogen-bond acceptors (Lipinski definition) is 7. The van der Waals surface area contributed by atoms with E-state index in [-0.39, 0.29) is 36.7 Å². The zero-order valence-electron chi connectivity index (χ0n) is 33.7. The second kappa shape index (κ2) is 19.9. The molecule has 1 aliphatic carbocycles. The summed E-state index contributed by atoms with van der Waals surface area (Å²) < 4.78 is 43.0. The van der Waals surface area contributed by atoms with Crippen LogP contribution in [0.2, 0.25) is 0 Å². The number of aryl methyl sites for hydroxylation is 1. The zero-order chi connectivity index (χ0) is 41.2. The van der Waals surface area contributed by atoms with Gasteiger partial charge in [0.15, 0.2) is 6.29 Å². The SMILES string of the molecule is C=CCN(CC1CC(c2ccc(CO)cc2)OC(c2cccc(-c3cccc(CNC(=O)C(Cc4ccccc4)NS(=O)(=O)c4ccc(C)cc4)c3)c2)O1)C1CCCC1. The number of hydrogen-bond donors (Lipinski definition) is 3. The summed E-state index contributed by atoms with van der Waals surface area (Å²) in [4.78, 5) is 16.4. The fraction of sp³-hybridized carbons (Fsp3) is 0.327. The van der Waals surface area contributed by atoms with E-state index in [0.29, 0.717) is 12.5 Å². The summed E-state index contributed by atoms with van der Waals surface area (Å²) in [5, 5.41) is 12.7. The van der Waals surface area contributed by atoms with Crippen molar-refractivity contribution in [3.8, 4) is 11.1 Å². The number of carbonyl (C=O) groups excluding carboxylic acids is 1. The first kappa shape index (κ1) is 42.2. The molecule has 0 aromatic heterocycles. The number of nitrogens with zero attached hydrogens (tertiary/aromatic N) is 1. The quantitative estimate of drug-likeness (QED) is 0.0809. The van der Waals surface area contributed by atoms with Crippen molar-refractivity contribution in [3.05, 3.63) is 173 Å². The van der Waals surface area contributed by atoms with Crippen molar-refractivity contribution in [2.45, 2.75) is 94.1 Å². The average molecular weight is 814 g/mol. The molecule has 2 aliphatic rings. The molecule has 0 spiro atoms. The second-order valence-corrected chi connectivity index (χ2v) is 17.5. The van der Waals surface area contributed by atoms with Crippen molar-refractivity contribution in [1.82, 2.24) is 14.9 Å². The fourth-order valence-corrected chi connectivity index (χ4v) is 9.35. The van der Waals surface area contributed by atoms with Crippen LogP contribution < -0.4 is 10.0 Å². The molecule has 2 fully saturated rings. The number of benzene rings is 5. The molecule has 9 nitrogen and oxygen atoms in total. The molecule has 4 atom stereocenters. The Hall–Kier alpha value is -4.94. The van der Waals surface area contributed by atoms with E-state index in [4.69, 9.17) is 9.47 Å². The summed E-state index contributed by atoms with van der Waals surface area (Å²) in [5.41, 5.74) is 7.40. The molecule has 59 heavy (non-hydrogen) atoms. The Bertz CT molecular complexity index is 2260. The third-order valence-electron chi connectivity index (χ3n) is 11.4. The van der Waals surface area contributed by atoms with Crippen LogP contribution in [0.15, 0.2) is 145 Å². The summed E-state index contributed by atoms with van der Waals surface area (Å²) in [7, 11) is -3.97. The van der Waals surface area contributed by atoms with Gasteiger partial charge in [0.2, 0.25) is 15.9 Å². The Morgan fingerprint density at radius 1 is 0.831 bits per heavy atom. The maximum Gasteiger partial charge on any atom is 0.241 e. The molecule has 1 aliphatic heterocycles. The van der Waals surface area contributed by atoms with Gasteiger partial charge in [0.05, 0.1) is 23.7 Å². The van der Waals surface area contributed by atoms with Gasteiger partial charge in [-0.05, 0) is 83.8 Å². The number of carbonyl (C=O) groups is 1. The third kappa shape index (κ3) is 11.2. The van der Waals surface area contributed by atoms with E-state index in [1.165, 1.54) is 25.7 Å². The first-order valence-corrected chi connectivity index (χ1v) is 22.1. The maximum atomic E-state index is 13.7. The van der Waals surface area contributed by atoms with Crippen LogP contribution in [0.5, 0.6) is 0 Å². The summed E-state index contributed by atoms with van der Waals surface area (Å²) >= 11 is 0. The number of amides is 1. The van der Waals surface area contributed by atoms with Gasteiger partial charge in [-0.2, -0.15) is 4.72 Å². The molecule has 308 valence electrons. The lowest BCUT2D eigenvalue weighted by Crippen LogP contribution is -2.47. The summed E-state index contributed by atoms with van der Waals surface area (Å²) in [5.74, 6) is -0.418. The monoisotopic (exact) mass is 813 g/mol. The molecule has 5 aromatic rings. The molecule has 5 aromatic carbocycles. The highest BCUT2D eigenvalue weighted by atomic mass is 32.2. The molecule has 1 heterocycles. The number of ether oxygens (including phenoxy) is 2. The first-order chi connectivity index (χ1) is 28.7. The topological polar surface area (TPSA) is 117 Å². The van der Waals surface area contributed by atoms with E-state index < -0.39 is 28.3 Å². The smallest absolute Gasteiger partial charge is 0.241 e. The molecule has 4 unspecified atom stereocenters. The predicted molar refractivity (Wildman–Crippen MR) is 232 cm³/mol. The molecule has 7 rings (SSSR count). The van der Waals surface area contributed by atoms with E-state index in [2.05, 4.69) is 27.6 Å². The van der Waals surface area contributed by atoms with Crippen LogP contribution in [0.3, 0.4) is 0 Å². The van der Waals surface area contributed by atoms with E-state index in [1.807, 2.05) is 110 Å². The molecule has 10 heteroatoms. The van der Waals surface area contributed by atoms with Gasteiger partial charge in [-0.3, -0.25) is 9.69 Å². The van der Waals surface area contributed by atoms with Gasteiger partial charge in [-0.15, -0.1) is 6.58 Å². The first-order valence-electron chi connectivity index (χ1n) is 20.6. The summed E-state index contributed by atoms with van der Waals surface area (Å²) in [6.45, 7) is 7.74. The van der Waals surface area contributed by atoms with Crippen LogP contribution >= 0.6 is 0 Å². The van der Waals surface area contributed by atoms with Crippen LogP contribution in [0.25, 0.3) is 11.1 Å². The third-order valence-corrected chi connectivity index (χ3v) is 12.9. The maximum absolute atomic E-state index is 13.7. The van der Waals surface area contributed by atoms with E-state index >= 15 is 0 Å². The van der Waals surface area contributed by atoms with E-state index in [1.54, 1.807) is 24.3 Å². The van der Waals surface area contributed by atoms with Gasteiger partial charge in [0.1, 0.15) is 6.04 Å². The number of aliphatic hydroxyl groups is 1. The van der Waals surface area contributed by atoms with Crippen molar-refractivity contribution in [3.63, 3.8) is 0 Å². The highest BCUT2D eigenvalue weighted by molar-refractivity contribution is 7.89. The highest BCUT2D eigenvalue weighted by Gasteiger charge is 2.35. The number of rotatable bonds is 17. The minimum absolute atomic E-state index is 0.0106. The lowest BCUT2D eigenvalue weighted by molar-refractivity contribution is -0.253. The number of sulfonamides is 1. The van der Waals surface area contributed by atoms with E-state index in [0.717, 1.165) is 57.6 Å². The molecule has 1 amide bonds. The van der Waals surface area contributed by atoms with Crippen molar-refractivity contribution in [2.75, 3.05) is 13.1 Å². The van der Waals surface area contributed by atoms with Gasteiger partial charge in [-0.25, -0.2) is 8.42 Å². The molecule has 3 N–H and O–H groups in total. The lowest BCUT2D eigenvalue weighted by Gasteiger charge is -2.39. The van der Waals surface area contributed by atoms with Crippen LogP contribution in [-0.2, 0) is 43.9 Å². The zero-order valence-corrected chi connectivity index (χ0v) is 34.5. The predicted octanol–water partition coefficient (Wildman–Crippen LogP) is 8.34. The van der Waals surface area contributed by atoms with Gasteiger partial charge in [0, 0.05) is 37.7 Å². The Labute approximate surface area is 349 Å². The molecule has 1 saturated heterocycles. The van der Waals surface area contributed by atoms with Crippen LogP contribution in [0, 0.1) is 6.92 Å². The standard InChI is InChI=1S/C49H55N3O6S/c1-3-27-52(43-17-7-8-18-43)33-44-31-47(39-23-21-37(34-53)22-24-39)58-49(57-44)42-16-10-15-41(30-42)40-14-9-13-38(28-40)32-50-48(54)46(29-36-11-5-4-6-12-36)51-59(55,56)45-25-19-35(2)20-26-45/h3-6,9-16,19-26,28,30,43-44,46-47,49,51,53H,1,7-8,17-18,27,29,31-34H2,2H3,(H,50,54). The minimum atomic E-state index is -3.97. The largest absolute Gasteiger partial charge is 0.392 e. The van der Waals surface area contributed by atoms with Crippen molar-refractivity contribution < 1.29 is 27.8 Å². The molecular formula is C49H55N3O6S.